The highest BCUT2D eigenvalue weighted by Crippen LogP contribution is 2.60. The fraction of sp³-hybridized carbons (Fsp3) is 0.941. The van der Waals surface area contributed by atoms with Gasteiger partial charge in [-0.15, -0.1) is 0 Å². The van der Waals surface area contributed by atoms with Crippen LogP contribution in [0, 0.1) is 0 Å². The summed E-state index contributed by atoms with van der Waals surface area (Å²) in [6.45, 7) is 7.98. The van der Waals surface area contributed by atoms with Crippen LogP contribution < -0.4 is 5.11 Å². The van der Waals surface area contributed by atoms with Crippen molar-refractivity contribution >= 4 is 13.2 Å². The maximum atomic E-state index is 8.89. The van der Waals surface area contributed by atoms with Crippen LogP contribution in [0.5, 0.6) is 0 Å². The monoisotopic (exact) mass is 319 g/mol. The molecule has 3 nitrogen and oxygen atoms in total. The topological polar surface area (TPSA) is 43.4 Å². The molecule has 0 rings (SSSR count). The lowest BCUT2D eigenvalue weighted by Crippen LogP contribution is -2.23. The Morgan fingerprint density at radius 2 is 1.19 bits per heavy atom. The molecule has 0 fully saturated rings. The van der Waals surface area contributed by atoms with E-state index in [4.69, 9.17) is 9.90 Å². The summed E-state index contributed by atoms with van der Waals surface area (Å²) < 4.78 is 0. The molecule has 0 bridgehead atoms. The molecule has 128 valence electrons. The Balaban J connectivity index is 0. The first kappa shape index (κ1) is 23.1. The Hall–Kier alpha value is -0.140. The lowest BCUT2D eigenvalue weighted by Gasteiger charge is -2.30. The molecule has 21 heavy (non-hydrogen) atoms. The smallest absolute Gasteiger partial charge is 0.111 e. The van der Waals surface area contributed by atoms with Gasteiger partial charge in [0.05, 0.1) is 18.5 Å². The molecule has 0 aromatic rings. The zero-order chi connectivity index (χ0) is 16.7. The first-order valence-electron chi connectivity index (χ1n) is 8.51. The van der Waals surface area contributed by atoms with E-state index in [0.717, 1.165) is 6.92 Å². The molecule has 0 amide bonds. The van der Waals surface area contributed by atoms with Gasteiger partial charge in [-0.3, -0.25) is 4.90 Å². The molecular formula is C17H38NO2P. The van der Waals surface area contributed by atoms with Gasteiger partial charge in [-0.05, 0) is 40.3 Å². The molecule has 0 saturated carbocycles. The number of carbonyl (C=O) groups excluding carboxylic acids is 1. The Bertz CT molecular complexity index is 219. The van der Waals surface area contributed by atoms with Crippen molar-refractivity contribution in [3.05, 3.63) is 0 Å². The number of carboxylic acid groups (broad SMARTS) is 1. The molecule has 0 aromatic carbocycles. The molecule has 0 heterocycles. The van der Waals surface area contributed by atoms with Crippen LogP contribution in [0.3, 0.4) is 0 Å². The van der Waals surface area contributed by atoms with Gasteiger partial charge in [0.1, 0.15) is 6.29 Å². The van der Waals surface area contributed by atoms with Crippen molar-refractivity contribution in [1.82, 2.24) is 4.90 Å². The van der Waals surface area contributed by atoms with Gasteiger partial charge < -0.3 is 9.90 Å². The fourth-order valence-corrected chi connectivity index (χ4v) is 7.88. The molecule has 0 atom stereocenters. The molecule has 0 spiro atoms. The zero-order valence-corrected chi connectivity index (χ0v) is 16.2. The van der Waals surface area contributed by atoms with E-state index in [1.54, 1.807) is 18.5 Å². The van der Waals surface area contributed by atoms with Gasteiger partial charge in [0, 0.05) is 13.2 Å². The SMILES string of the molecule is CC(=O)[O-].CCCC[P+](CCCC)(CCCC)CN(C)C. The van der Waals surface area contributed by atoms with Crippen molar-refractivity contribution in [2.75, 3.05) is 38.9 Å². The lowest BCUT2D eigenvalue weighted by atomic mass is 10.4. The first-order valence-corrected chi connectivity index (χ1v) is 11.0. The summed E-state index contributed by atoms with van der Waals surface area (Å²) in [5.41, 5.74) is 0. The molecule has 0 saturated heterocycles. The zero-order valence-electron chi connectivity index (χ0n) is 15.3. The van der Waals surface area contributed by atoms with Crippen molar-refractivity contribution in [2.24, 2.45) is 0 Å². The number of carbonyl (C=O) groups is 1. The van der Waals surface area contributed by atoms with Crippen molar-refractivity contribution in [1.29, 1.82) is 0 Å². The van der Waals surface area contributed by atoms with Crippen molar-refractivity contribution < 1.29 is 9.90 Å². The summed E-state index contributed by atoms with van der Waals surface area (Å²) in [5.74, 6) is -1.08. The van der Waals surface area contributed by atoms with Gasteiger partial charge in [0.2, 0.25) is 0 Å². The molecule has 0 N–H and O–H groups in total. The molecule has 0 radical (unpaired) electrons. The van der Waals surface area contributed by atoms with E-state index >= 15 is 0 Å². The van der Waals surface area contributed by atoms with Crippen molar-refractivity contribution in [2.45, 2.75) is 66.2 Å². The minimum atomic E-state index is -1.08. The van der Waals surface area contributed by atoms with Crippen LogP contribution in [0.4, 0.5) is 0 Å². The Morgan fingerprint density at radius 1 is 0.905 bits per heavy atom. The van der Waals surface area contributed by atoms with E-state index in [9.17, 15) is 0 Å². The minimum absolute atomic E-state index is 0.676. The second kappa shape index (κ2) is 14.8. The van der Waals surface area contributed by atoms with Gasteiger partial charge in [0.15, 0.2) is 0 Å². The maximum absolute atomic E-state index is 8.89. The molecule has 0 aliphatic rings. The standard InChI is InChI=1S/C15H35NP.C2H4O2/c1-6-9-12-17(13-10-7-2,14-11-8-3)15-16(4)5;1-2(3)4/h6-15H2,1-5H3;1H3,(H,3,4)/q+1;/p-1. The van der Waals surface area contributed by atoms with E-state index in [2.05, 4.69) is 39.8 Å². The van der Waals surface area contributed by atoms with Crippen LogP contribution >= 0.6 is 7.26 Å². The van der Waals surface area contributed by atoms with Crippen LogP contribution in [-0.2, 0) is 4.79 Å². The van der Waals surface area contributed by atoms with E-state index in [1.807, 2.05) is 0 Å². The van der Waals surface area contributed by atoms with Gasteiger partial charge in [-0.1, -0.05) is 40.0 Å². The van der Waals surface area contributed by atoms with Crippen molar-refractivity contribution in [3.63, 3.8) is 0 Å². The summed E-state index contributed by atoms with van der Waals surface area (Å²) in [5, 5.41) is 8.89. The Kier molecular flexibility index (Phi) is 16.3. The van der Waals surface area contributed by atoms with Gasteiger partial charge in [-0.25, -0.2) is 0 Å². The number of hydrogen-bond acceptors (Lipinski definition) is 3. The predicted octanol–water partition coefficient (Wildman–Crippen LogP) is 3.68. The Labute approximate surface area is 133 Å². The normalized spacial score (nSPS) is 11.2. The van der Waals surface area contributed by atoms with Gasteiger partial charge in [-0.2, -0.15) is 0 Å². The number of nitrogens with zero attached hydrogens (tertiary/aromatic N) is 1. The Morgan fingerprint density at radius 3 is 1.38 bits per heavy atom. The number of unbranched alkanes of at least 4 members (excludes halogenated alkanes) is 3. The number of hydrogen-bond donors (Lipinski definition) is 0. The minimum Gasteiger partial charge on any atom is -0.550 e. The molecule has 0 aliphatic heterocycles. The quantitative estimate of drug-likeness (QED) is 0.546. The summed E-state index contributed by atoms with van der Waals surface area (Å²) in [7, 11) is 3.85. The summed E-state index contributed by atoms with van der Waals surface area (Å²) >= 11 is 0. The lowest BCUT2D eigenvalue weighted by molar-refractivity contribution is -0.302. The van der Waals surface area contributed by atoms with E-state index in [0.29, 0.717) is 0 Å². The van der Waals surface area contributed by atoms with E-state index in [1.165, 1.54) is 44.8 Å². The summed E-state index contributed by atoms with van der Waals surface area (Å²) in [6, 6.07) is 0. The second-order valence-electron chi connectivity index (χ2n) is 6.29. The molecular weight excluding hydrogens is 281 g/mol. The molecule has 0 aliphatic carbocycles. The molecule has 0 aromatic heterocycles. The van der Waals surface area contributed by atoms with E-state index in [-0.39, 0.29) is 0 Å². The highest BCUT2D eigenvalue weighted by molar-refractivity contribution is 7.75. The number of carboxylic acids is 1. The maximum Gasteiger partial charge on any atom is 0.111 e. The highest BCUT2D eigenvalue weighted by Gasteiger charge is 2.35. The second-order valence-corrected chi connectivity index (χ2v) is 10.6. The van der Waals surface area contributed by atoms with Crippen molar-refractivity contribution in [3.8, 4) is 0 Å². The van der Waals surface area contributed by atoms with Gasteiger partial charge in [0.25, 0.3) is 0 Å². The number of rotatable bonds is 11. The van der Waals surface area contributed by atoms with Gasteiger partial charge >= 0.3 is 0 Å². The summed E-state index contributed by atoms with van der Waals surface area (Å²) in [4.78, 5) is 11.3. The first-order chi connectivity index (χ1) is 9.83. The van der Waals surface area contributed by atoms with Crippen LogP contribution in [0.1, 0.15) is 66.2 Å². The third-order valence-corrected chi connectivity index (χ3v) is 8.50. The number of aliphatic carboxylic acids is 1. The molecule has 0 unspecified atom stereocenters. The average Bonchev–Trinajstić information content (AvgIpc) is 2.39. The molecule has 4 heteroatoms. The van der Waals surface area contributed by atoms with E-state index < -0.39 is 13.2 Å². The third-order valence-electron chi connectivity index (χ3n) is 3.54. The largest absolute Gasteiger partial charge is 0.550 e. The van der Waals surface area contributed by atoms with Crippen LogP contribution in [0.25, 0.3) is 0 Å². The third kappa shape index (κ3) is 16.1. The average molecular weight is 319 g/mol. The van der Waals surface area contributed by atoms with Crippen LogP contribution in [0.15, 0.2) is 0 Å². The highest BCUT2D eigenvalue weighted by atomic mass is 31.2. The summed E-state index contributed by atoms with van der Waals surface area (Å²) in [6.07, 6.45) is 14.5. The predicted molar refractivity (Wildman–Crippen MR) is 95.5 cm³/mol. The van der Waals surface area contributed by atoms with Crippen LogP contribution in [0.2, 0.25) is 0 Å². The van der Waals surface area contributed by atoms with Crippen LogP contribution in [-0.4, -0.2) is 49.7 Å². The fourth-order valence-electron chi connectivity index (χ4n) is 2.63.